The second kappa shape index (κ2) is 7.83. The first-order chi connectivity index (χ1) is 12.9. The highest BCUT2D eigenvalue weighted by molar-refractivity contribution is 9.10. The van der Waals surface area contributed by atoms with Gasteiger partial charge in [0.25, 0.3) is 0 Å². The highest BCUT2D eigenvalue weighted by Crippen LogP contribution is 2.35. The lowest BCUT2D eigenvalue weighted by Gasteiger charge is -2.08. The van der Waals surface area contributed by atoms with Crippen LogP contribution in [0, 0.1) is 0 Å². The summed E-state index contributed by atoms with van der Waals surface area (Å²) < 4.78 is 32.9. The van der Waals surface area contributed by atoms with Gasteiger partial charge >= 0.3 is 0 Å². The molecule has 9 heteroatoms. The lowest BCUT2D eigenvalue weighted by atomic mass is 10.1. The first-order valence-electron chi connectivity index (χ1n) is 7.91. The predicted octanol–water partition coefficient (Wildman–Crippen LogP) is 5.28. The maximum Gasteiger partial charge on any atom is 0.229 e. The number of aromatic amines is 1. The van der Waals surface area contributed by atoms with Crippen LogP contribution in [0.15, 0.2) is 52.3 Å². The molecule has 27 heavy (non-hydrogen) atoms. The van der Waals surface area contributed by atoms with Gasteiger partial charge in [0.1, 0.15) is 11.6 Å². The van der Waals surface area contributed by atoms with E-state index in [1.165, 1.54) is 6.92 Å². The fourth-order valence-electron chi connectivity index (χ4n) is 2.45. The number of allylic oxidation sites excluding steroid dienone is 4. The van der Waals surface area contributed by atoms with Crippen molar-refractivity contribution in [3.63, 3.8) is 0 Å². The molecule has 0 atom stereocenters. The fraction of sp³-hybridized carbons (Fsp3) is 0.167. The van der Waals surface area contributed by atoms with Crippen LogP contribution in [0.5, 0.6) is 5.75 Å². The van der Waals surface area contributed by atoms with Crippen molar-refractivity contribution in [1.29, 1.82) is 0 Å². The van der Waals surface area contributed by atoms with Crippen LogP contribution in [0.1, 0.15) is 13.8 Å². The third-order valence-corrected chi connectivity index (χ3v) is 4.22. The summed E-state index contributed by atoms with van der Waals surface area (Å²) in [5.41, 5.74) is 1.99. The van der Waals surface area contributed by atoms with E-state index in [1.54, 1.807) is 13.3 Å². The zero-order valence-electron chi connectivity index (χ0n) is 14.8. The van der Waals surface area contributed by atoms with Crippen LogP contribution in [0.2, 0.25) is 0 Å². The van der Waals surface area contributed by atoms with E-state index in [0.29, 0.717) is 22.5 Å². The van der Waals surface area contributed by atoms with Crippen molar-refractivity contribution >= 4 is 32.9 Å². The minimum atomic E-state index is -0.736. The summed E-state index contributed by atoms with van der Waals surface area (Å²) in [6.07, 6.45) is 2.36. The van der Waals surface area contributed by atoms with E-state index in [4.69, 9.17) is 4.74 Å². The van der Waals surface area contributed by atoms with Crippen molar-refractivity contribution in [2.75, 3.05) is 12.4 Å². The average molecular weight is 436 g/mol. The highest BCUT2D eigenvalue weighted by atomic mass is 79.9. The Morgan fingerprint density at radius 2 is 2.07 bits per heavy atom. The van der Waals surface area contributed by atoms with E-state index in [-0.39, 0.29) is 11.6 Å². The number of fused-ring (bicyclic) bond motifs is 1. The summed E-state index contributed by atoms with van der Waals surface area (Å²) in [4.78, 5) is 8.46. The standard InChI is InChI=1S/C18H16BrF2N5O/c1-9(20)6-14(21)10(2)23-18-22-8-13-16(25-26-17(13)24-18)12-7-11(19)4-5-15(12)27-3/h4-8H,1-3H3,(H2,22,23,24,25,26)/b9-6+,14-10-. The van der Waals surface area contributed by atoms with E-state index in [1.807, 2.05) is 18.2 Å². The summed E-state index contributed by atoms with van der Waals surface area (Å²) in [5.74, 6) is -0.551. The molecule has 2 N–H and O–H groups in total. The number of anilines is 1. The van der Waals surface area contributed by atoms with E-state index < -0.39 is 11.7 Å². The molecule has 2 heterocycles. The Balaban J connectivity index is 1.99. The Morgan fingerprint density at radius 3 is 2.78 bits per heavy atom. The van der Waals surface area contributed by atoms with Crippen LogP contribution >= 0.6 is 15.9 Å². The monoisotopic (exact) mass is 435 g/mol. The van der Waals surface area contributed by atoms with Crippen molar-refractivity contribution < 1.29 is 13.5 Å². The van der Waals surface area contributed by atoms with Gasteiger partial charge in [-0.3, -0.25) is 5.10 Å². The number of aromatic nitrogens is 4. The molecule has 3 rings (SSSR count). The minimum Gasteiger partial charge on any atom is -0.496 e. The summed E-state index contributed by atoms with van der Waals surface area (Å²) in [6.45, 7) is 2.63. The first-order valence-corrected chi connectivity index (χ1v) is 8.70. The quantitative estimate of drug-likeness (QED) is 0.533. The van der Waals surface area contributed by atoms with Crippen LogP contribution in [0.4, 0.5) is 14.7 Å². The molecule has 0 aliphatic heterocycles. The second-order valence-corrected chi connectivity index (χ2v) is 6.62. The molecule has 0 spiro atoms. The Kier molecular flexibility index (Phi) is 5.50. The normalized spacial score (nSPS) is 12.9. The van der Waals surface area contributed by atoms with Gasteiger partial charge in [-0.1, -0.05) is 15.9 Å². The van der Waals surface area contributed by atoms with Crippen molar-refractivity contribution in [2.45, 2.75) is 13.8 Å². The fourth-order valence-corrected chi connectivity index (χ4v) is 2.82. The SMILES string of the molecule is COc1ccc(Br)cc1-c1[nH]nc2nc(N/C(C)=C(F)/C=C(\C)F)ncc12. The van der Waals surface area contributed by atoms with Gasteiger partial charge in [-0.05, 0) is 32.0 Å². The zero-order valence-corrected chi connectivity index (χ0v) is 16.4. The van der Waals surface area contributed by atoms with Gasteiger partial charge in [0.05, 0.1) is 29.7 Å². The predicted molar refractivity (Wildman–Crippen MR) is 104 cm³/mol. The molecule has 0 amide bonds. The number of nitrogens with one attached hydrogen (secondary N) is 2. The number of hydrogen-bond donors (Lipinski definition) is 2. The number of rotatable bonds is 5. The average Bonchev–Trinajstić information content (AvgIpc) is 3.04. The van der Waals surface area contributed by atoms with Crippen molar-refractivity contribution in [1.82, 2.24) is 20.2 Å². The van der Waals surface area contributed by atoms with Gasteiger partial charge in [0, 0.05) is 22.3 Å². The molecular weight excluding hydrogens is 420 g/mol. The summed E-state index contributed by atoms with van der Waals surface area (Å²) in [7, 11) is 1.58. The number of methoxy groups -OCH3 is 1. The van der Waals surface area contributed by atoms with Gasteiger partial charge in [-0.15, -0.1) is 0 Å². The van der Waals surface area contributed by atoms with E-state index >= 15 is 0 Å². The molecule has 2 aromatic heterocycles. The van der Waals surface area contributed by atoms with Crippen LogP contribution in [0.25, 0.3) is 22.3 Å². The van der Waals surface area contributed by atoms with Gasteiger partial charge in [-0.2, -0.15) is 10.1 Å². The van der Waals surface area contributed by atoms with Crippen LogP contribution in [-0.4, -0.2) is 27.3 Å². The number of ether oxygens (including phenoxy) is 1. The van der Waals surface area contributed by atoms with Crippen LogP contribution < -0.4 is 10.1 Å². The molecule has 0 bridgehead atoms. The third-order valence-electron chi connectivity index (χ3n) is 3.73. The number of halogens is 3. The Hall–Kier alpha value is -2.81. The molecular formula is C18H16BrF2N5O. The number of hydrogen-bond acceptors (Lipinski definition) is 5. The van der Waals surface area contributed by atoms with Gasteiger partial charge in [0.2, 0.25) is 5.95 Å². The molecule has 1 aromatic carbocycles. The largest absolute Gasteiger partial charge is 0.496 e. The van der Waals surface area contributed by atoms with E-state index in [2.05, 4.69) is 41.4 Å². The number of H-pyrrole nitrogens is 1. The Morgan fingerprint density at radius 1 is 1.30 bits per heavy atom. The first kappa shape index (κ1) is 19.0. The Labute approximate surface area is 162 Å². The van der Waals surface area contributed by atoms with Crippen LogP contribution in [0.3, 0.4) is 0 Å². The molecule has 6 nitrogen and oxygen atoms in total. The molecule has 3 aromatic rings. The van der Waals surface area contributed by atoms with E-state index in [9.17, 15) is 8.78 Å². The Bertz CT molecular complexity index is 1060. The minimum absolute atomic E-state index is 0.0933. The lowest BCUT2D eigenvalue weighted by Crippen LogP contribution is -2.02. The summed E-state index contributed by atoms with van der Waals surface area (Å²) >= 11 is 3.44. The topological polar surface area (TPSA) is 75.7 Å². The molecule has 0 radical (unpaired) electrons. The molecule has 0 aliphatic carbocycles. The van der Waals surface area contributed by atoms with Crippen molar-refractivity contribution in [3.8, 4) is 17.0 Å². The smallest absolute Gasteiger partial charge is 0.229 e. The maximum atomic E-state index is 13.8. The van der Waals surface area contributed by atoms with Crippen molar-refractivity contribution in [2.24, 2.45) is 0 Å². The molecule has 0 saturated carbocycles. The lowest BCUT2D eigenvalue weighted by molar-refractivity contribution is 0.416. The van der Waals surface area contributed by atoms with Gasteiger partial charge < -0.3 is 10.1 Å². The summed E-state index contributed by atoms with van der Waals surface area (Å²) in [6, 6.07) is 5.60. The molecule has 0 aliphatic rings. The molecule has 0 saturated heterocycles. The molecule has 140 valence electrons. The zero-order chi connectivity index (χ0) is 19.6. The van der Waals surface area contributed by atoms with Crippen LogP contribution in [-0.2, 0) is 0 Å². The highest BCUT2D eigenvalue weighted by Gasteiger charge is 2.15. The second-order valence-electron chi connectivity index (χ2n) is 5.70. The molecule has 0 unspecified atom stereocenters. The number of nitrogens with zero attached hydrogens (tertiary/aromatic N) is 3. The van der Waals surface area contributed by atoms with Gasteiger partial charge in [-0.25, -0.2) is 13.8 Å². The maximum absolute atomic E-state index is 13.8. The van der Waals surface area contributed by atoms with Gasteiger partial charge in [0.15, 0.2) is 5.65 Å². The van der Waals surface area contributed by atoms with Crippen molar-refractivity contribution in [3.05, 3.63) is 52.3 Å². The summed E-state index contributed by atoms with van der Waals surface area (Å²) in [5, 5.41) is 10.5. The molecule has 0 fully saturated rings. The van der Waals surface area contributed by atoms with E-state index in [0.717, 1.165) is 23.0 Å². The third kappa shape index (κ3) is 4.13. The number of benzene rings is 1.